The van der Waals surface area contributed by atoms with E-state index >= 15 is 0 Å². The summed E-state index contributed by atoms with van der Waals surface area (Å²) in [7, 11) is 0. The minimum atomic E-state index is 0.571. The van der Waals surface area contributed by atoms with Crippen molar-refractivity contribution in [3.8, 4) is 0 Å². The standard InChI is InChI=1S/C15H28O/c1-10-5-8-15(16-9-10)14-7-6-11(2)12(3)13(14)4/h10-15H,5-9H2,1-4H3. The molecule has 16 heavy (non-hydrogen) atoms. The highest BCUT2D eigenvalue weighted by atomic mass is 16.5. The molecule has 0 radical (unpaired) electrons. The van der Waals surface area contributed by atoms with Crippen molar-refractivity contribution in [1.82, 2.24) is 0 Å². The van der Waals surface area contributed by atoms with Crippen LogP contribution in [0.3, 0.4) is 0 Å². The lowest BCUT2D eigenvalue weighted by Crippen LogP contribution is -2.40. The summed E-state index contributed by atoms with van der Waals surface area (Å²) in [4.78, 5) is 0. The molecule has 1 aliphatic carbocycles. The topological polar surface area (TPSA) is 9.23 Å². The van der Waals surface area contributed by atoms with Crippen LogP contribution in [0.1, 0.15) is 53.4 Å². The van der Waals surface area contributed by atoms with Crippen LogP contribution in [0.5, 0.6) is 0 Å². The lowest BCUT2D eigenvalue weighted by Gasteiger charge is -2.44. The molecular weight excluding hydrogens is 196 g/mol. The maximum absolute atomic E-state index is 6.08. The number of ether oxygens (including phenoxy) is 1. The SMILES string of the molecule is CC1CCC(C2CCC(C)C(C)C2C)OC1. The summed E-state index contributed by atoms with van der Waals surface area (Å²) in [5, 5.41) is 0. The Morgan fingerprint density at radius 3 is 2.19 bits per heavy atom. The van der Waals surface area contributed by atoms with Gasteiger partial charge in [0.25, 0.3) is 0 Å². The van der Waals surface area contributed by atoms with Crippen molar-refractivity contribution in [3.63, 3.8) is 0 Å². The van der Waals surface area contributed by atoms with E-state index in [2.05, 4.69) is 27.7 Å². The first-order valence-corrected chi connectivity index (χ1v) is 7.21. The molecule has 0 aromatic heterocycles. The quantitative estimate of drug-likeness (QED) is 0.651. The molecule has 1 saturated heterocycles. The van der Waals surface area contributed by atoms with Gasteiger partial charge in [0.2, 0.25) is 0 Å². The van der Waals surface area contributed by atoms with E-state index in [9.17, 15) is 0 Å². The van der Waals surface area contributed by atoms with Crippen LogP contribution >= 0.6 is 0 Å². The van der Waals surface area contributed by atoms with Gasteiger partial charge in [0.15, 0.2) is 0 Å². The smallest absolute Gasteiger partial charge is 0.0606 e. The summed E-state index contributed by atoms with van der Waals surface area (Å²) in [6.45, 7) is 10.6. The highest BCUT2D eigenvalue weighted by Gasteiger charge is 2.37. The van der Waals surface area contributed by atoms with Gasteiger partial charge in [-0.2, -0.15) is 0 Å². The Morgan fingerprint density at radius 2 is 1.56 bits per heavy atom. The van der Waals surface area contributed by atoms with Crippen LogP contribution in [0.2, 0.25) is 0 Å². The van der Waals surface area contributed by atoms with Gasteiger partial charge in [-0.25, -0.2) is 0 Å². The van der Waals surface area contributed by atoms with Crippen LogP contribution in [0.25, 0.3) is 0 Å². The average molecular weight is 224 g/mol. The Morgan fingerprint density at radius 1 is 0.812 bits per heavy atom. The Kier molecular flexibility index (Phi) is 3.94. The molecule has 2 fully saturated rings. The number of hydrogen-bond acceptors (Lipinski definition) is 1. The molecule has 0 N–H and O–H groups in total. The molecular formula is C15H28O. The van der Waals surface area contributed by atoms with Crippen molar-refractivity contribution in [2.24, 2.45) is 29.6 Å². The van der Waals surface area contributed by atoms with Gasteiger partial charge in [0.1, 0.15) is 0 Å². The zero-order valence-corrected chi connectivity index (χ0v) is 11.4. The van der Waals surface area contributed by atoms with Gasteiger partial charge in [0.05, 0.1) is 6.10 Å². The minimum Gasteiger partial charge on any atom is -0.378 e. The third-order valence-corrected chi connectivity index (χ3v) is 5.37. The van der Waals surface area contributed by atoms with E-state index in [0.29, 0.717) is 6.10 Å². The Hall–Kier alpha value is -0.0400. The van der Waals surface area contributed by atoms with Crippen LogP contribution in [0.15, 0.2) is 0 Å². The molecule has 0 aromatic rings. The normalized spacial score (nSPS) is 50.2. The summed E-state index contributed by atoms with van der Waals surface area (Å²) in [6, 6.07) is 0. The summed E-state index contributed by atoms with van der Waals surface area (Å²) in [6.07, 6.45) is 6.05. The monoisotopic (exact) mass is 224 g/mol. The second-order valence-corrected chi connectivity index (χ2v) is 6.49. The minimum absolute atomic E-state index is 0.571. The molecule has 0 spiro atoms. The van der Waals surface area contributed by atoms with Gasteiger partial charge < -0.3 is 4.74 Å². The van der Waals surface area contributed by atoms with E-state index in [0.717, 1.165) is 36.2 Å². The van der Waals surface area contributed by atoms with Crippen molar-refractivity contribution in [3.05, 3.63) is 0 Å². The van der Waals surface area contributed by atoms with Crippen molar-refractivity contribution in [2.75, 3.05) is 6.61 Å². The van der Waals surface area contributed by atoms with Gasteiger partial charge in [-0.3, -0.25) is 0 Å². The van der Waals surface area contributed by atoms with E-state index in [4.69, 9.17) is 4.74 Å². The summed E-state index contributed by atoms with van der Waals surface area (Å²) >= 11 is 0. The van der Waals surface area contributed by atoms with Crippen LogP contribution in [-0.2, 0) is 4.74 Å². The molecule has 2 aliphatic rings. The van der Waals surface area contributed by atoms with Crippen molar-refractivity contribution in [2.45, 2.75) is 59.5 Å². The molecule has 6 unspecified atom stereocenters. The third-order valence-electron chi connectivity index (χ3n) is 5.37. The van der Waals surface area contributed by atoms with Crippen LogP contribution < -0.4 is 0 Å². The molecule has 1 heteroatoms. The predicted molar refractivity (Wildman–Crippen MR) is 68.4 cm³/mol. The lowest BCUT2D eigenvalue weighted by atomic mass is 9.66. The fraction of sp³-hybridized carbons (Fsp3) is 1.00. The van der Waals surface area contributed by atoms with Gasteiger partial charge in [-0.15, -0.1) is 0 Å². The van der Waals surface area contributed by atoms with Crippen molar-refractivity contribution in [1.29, 1.82) is 0 Å². The van der Waals surface area contributed by atoms with Gasteiger partial charge in [-0.05, 0) is 48.9 Å². The summed E-state index contributed by atoms with van der Waals surface area (Å²) in [5.41, 5.74) is 0. The van der Waals surface area contributed by atoms with E-state index in [-0.39, 0.29) is 0 Å². The first-order chi connectivity index (χ1) is 7.59. The Labute approximate surface area is 101 Å². The maximum atomic E-state index is 6.08. The van der Waals surface area contributed by atoms with E-state index in [1.807, 2.05) is 0 Å². The molecule has 0 amide bonds. The van der Waals surface area contributed by atoms with Crippen LogP contribution in [0.4, 0.5) is 0 Å². The molecule has 6 atom stereocenters. The molecule has 1 nitrogen and oxygen atoms in total. The fourth-order valence-corrected chi connectivity index (χ4v) is 3.65. The zero-order valence-electron chi connectivity index (χ0n) is 11.4. The summed E-state index contributed by atoms with van der Waals surface area (Å²) < 4.78 is 6.08. The van der Waals surface area contributed by atoms with Crippen LogP contribution in [-0.4, -0.2) is 12.7 Å². The molecule has 1 aliphatic heterocycles. The average Bonchev–Trinajstić information content (AvgIpc) is 2.28. The third kappa shape index (κ3) is 2.45. The van der Waals surface area contributed by atoms with E-state index < -0.39 is 0 Å². The molecule has 0 bridgehead atoms. The van der Waals surface area contributed by atoms with Crippen molar-refractivity contribution >= 4 is 0 Å². The predicted octanol–water partition coefficient (Wildman–Crippen LogP) is 4.12. The number of rotatable bonds is 1. The second kappa shape index (κ2) is 5.08. The van der Waals surface area contributed by atoms with Crippen molar-refractivity contribution < 1.29 is 4.74 Å². The molecule has 2 rings (SSSR count). The first-order valence-electron chi connectivity index (χ1n) is 7.21. The Bertz CT molecular complexity index is 217. The molecule has 0 aromatic carbocycles. The van der Waals surface area contributed by atoms with E-state index in [1.165, 1.54) is 25.7 Å². The summed E-state index contributed by atoms with van der Waals surface area (Å²) in [5.74, 6) is 4.25. The molecule has 1 heterocycles. The highest BCUT2D eigenvalue weighted by Crippen LogP contribution is 2.42. The van der Waals surface area contributed by atoms with Gasteiger partial charge >= 0.3 is 0 Å². The first kappa shape index (κ1) is 12.4. The van der Waals surface area contributed by atoms with Gasteiger partial charge in [-0.1, -0.05) is 34.1 Å². The van der Waals surface area contributed by atoms with E-state index in [1.54, 1.807) is 0 Å². The molecule has 1 saturated carbocycles. The zero-order chi connectivity index (χ0) is 11.7. The lowest BCUT2D eigenvalue weighted by molar-refractivity contribution is -0.0778. The Balaban J connectivity index is 1.94. The fourth-order valence-electron chi connectivity index (χ4n) is 3.65. The maximum Gasteiger partial charge on any atom is 0.0606 e. The second-order valence-electron chi connectivity index (χ2n) is 6.49. The largest absolute Gasteiger partial charge is 0.378 e. The highest BCUT2D eigenvalue weighted by molar-refractivity contribution is 4.87. The number of hydrogen-bond donors (Lipinski definition) is 0. The van der Waals surface area contributed by atoms with Gasteiger partial charge in [0, 0.05) is 6.61 Å². The molecule has 94 valence electrons. The van der Waals surface area contributed by atoms with Crippen LogP contribution in [0, 0.1) is 29.6 Å².